The second-order valence-electron chi connectivity index (χ2n) is 4.29. The fourth-order valence-corrected chi connectivity index (χ4v) is 3.44. The molecule has 0 radical (unpaired) electrons. The van der Waals surface area contributed by atoms with Gasteiger partial charge < -0.3 is 10.6 Å². The minimum Gasteiger partial charge on any atom is -0.353 e. The third kappa shape index (κ3) is 3.23. The van der Waals surface area contributed by atoms with Gasteiger partial charge in [-0.3, -0.25) is 0 Å². The van der Waals surface area contributed by atoms with Crippen LogP contribution in [-0.4, -0.2) is 24.3 Å². The number of aromatic nitrogens is 2. The summed E-state index contributed by atoms with van der Waals surface area (Å²) in [5.41, 5.74) is 6.65. The van der Waals surface area contributed by atoms with Gasteiger partial charge in [-0.15, -0.1) is 10.2 Å². The maximum atomic E-state index is 13.9. The first kappa shape index (κ1) is 14.2. The average molecular weight is 298 g/mol. The summed E-state index contributed by atoms with van der Waals surface area (Å²) in [6.45, 7) is 1.84. The van der Waals surface area contributed by atoms with Crippen LogP contribution in [0.4, 0.5) is 9.52 Å². The van der Waals surface area contributed by atoms with Crippen LogP contribution in [0.5, 0.6) is 0 Å². The Balaban J connectivity index is 2.32. The lowest BCUT2D eigenvalue weighted by molar-refractivity contribution is 0.591. The van der Waals surface area contributed by atoms with Crippen LogP contribution in [-0.2, 0) is 0 Å². The van der Waals surface area contributed by atoms with Crippen molar-refractivity contribution in [3.05, 3.63) is 29.6 Å². The van der Waals surface area contributed by atoms with Crippen LogP contribution < -0.4 is 10.6 Å². The topological polar surface area (TPSA) is 55.0 Å². The number of benzene rings is 1. The monoisotopic (exact) mass is 298 g/mol. The van der Waals surface area contributed by atoms with Gasteiger partial charge in [0.15, 0.2) is 4.34 Å². The molecule has 1 aromatic carbocycles. The zero-order valence-corrected chi connectivity index (χ0v) is 12.6. The summed E-state index contributed by atoms with van der Waals surface area (Å²) in [4.78, 5) is 2.40. The van der Waals surface area contributed by atoms with Crippen molar-refractivity contribution >= 4 is 28.2 Å². The van der Waals surface area contributed by atoms with E-state index in [1.165, 1.54) is 29.2 Å². The third-order valence-corrected chi connectivity index (χ3v) is 4.73. The van der Waals surface area contributed by atoms with Crippen LogP contribution in [0.15, 0.2) is 27.4 Å². The van der Waals surface area contributed by atoms with Crippen molar-refractivity contribution in [1.82, 2.24) is 10.2 Å². The van der Waals surface area contributed by atoms with E-state index in [1.807, 2.05) is 32.0 Å². The first-order chi connectivity index (χ1) is 8.99. The average Bonchev–Trinajstić information content (AvgIpc) is 2.80. The first-order valence-corrected chi connectivity index (χ1v) is 7.35. The van der Waals surface area contributed by atoms with E-state index in [-0.39, 0.29) is 11.9 Å². The van der Waals surface area contributed by atoms with Gasteiger partial charge in [-0.2, -0.15) is 0 Å². The van der Waals surface area contributed by atoms with Gasteiger partial charge in [0, 0.05) is 20.1 Å². The minimum absolute atomic E-state index is 0.223. The van der Waals surface area contributed by atoms with E-state index in [4.69, 9.17) is 5.73 Å². The van der Waals surface area contributed by atoms with Gasteiger partial charge in [-0.25, -0.2) is 4.39 Å². The van der Waals surface area contributed by atoms with E-state index in [1.54, 1.807) is 6.07 Å². The second-order valence-corrected chi connectivity index (χ2v) is 6.51. The van der Waals surface area contributed by atoms with Crippen molar-refractivity contribution in [1.29, 1.82) is 0 Å². The summed E-state index contributed by atoms with van der Waals surface area (Å²) in [6, 6.07) is 4.72. The molecule has 102 valence electrons. The molecule has 0 aliphatic heterocycles. The van der Waals surface area contributed by atoms with Crippen molar-refractivity contribution in [3.8, 4) is 0 Å². The lowest BCUT2D eigenvalue weighted by Gasteiger charge is -2.11. The van der Waals surface area contributed by atoms with Crippen LogP contribution in [0.3, 0.4) is 0 Å². The number of rotatable bonds is 4. The van der Waals surface area contributed by atoms with Gasteiger partial charge in [0.2, 0.25) is 5.13 Å². The molecule has 2 rings (SSSR count). The number of hydrogen-bond acceptors (Lipinski definition) is 6. The molecule has 0 spiro atoms. The SMILES string of the molecule is CC(N)c1cccc(F)c1Sc1nnc(N(C)C)s1. The van der Waals surface area contributed by atoms with E-state index in [9.17, 15) is 4.39 Å². The smallest absolute Gasteiger partial charge is 0.208 e. The highest BCUT2D eigenvalue weighted by Crippen LogP contribution is 2.37. The Morgan fingerprint density at radius 3 is 2.68 bits per heavy atom. The second kappa shape index (κ2) is 5.85. The predicted octanol–water partition coefficient (Wildman–Crippen LogP) is 2.91. The predicted molar refractivity (Wildman–Crippen MR) is 77.4 cm³/mol. The van der Waals surface area contributed by atoms with E-state index >= 15 is 0 Å². The number of nitrogens with two attached hydrogens (primary N) is 1. The lowest BCUT2D eigenvalue weighted by atomic mass is 10.1. The molecule has 4 nitrogen and oxygen atoms in total. The van der Waals surface area contributed by atoms with E-state index in [0.29, 0.717) is 9.24 Å². The fraction of sp³-hybridized carbons (Fsp3) is 0.333. The van der Waals surface area contributed by atoms with Crippen LogP contribution in [0.2, 0.25) is 0 Å². The maximum absolute atomic E-state index is 13.9. The van der Waals surface area contributed by atoms with E-state index < -0.39 is 0 Å². The Morgan fingerprint density at radius 1 is 1.37 bits per heavy atom. The summed E-state index contributed by atoms with van der Waals surface area (Å²) >= 11 is 2.69. The van der Waals surface area contributed by atoms with Crippen molar-refractivity contribution in [2.75, 3.05) is 19.0 Å². The zero-order valence-electron chi connectivity index (χ0n) is 10.9. The summed E-state index contributed by atoms with van der Waals surface area (Å²) in [7, 11) is 3.79. The highest BCUT2D eigenvalue weighted by molar-refractivity contribution is 8.01. The number of anilines is 1. The minimum atomic E-state index is -0.276. The summed E-state index contributed by atoms with van der Waals surface area (Å²) in [5.74, 6) is -0.276. The third-order valence-electron chi connectivity index (χ3n) is 2.46. The lowest BCUT2D eigenvalue weighted by Crippen LogP contribution is -2.07. The molecule has 1 atom stereocenters. The first-order valence-electron chi connectivity index (χ1n) is 5.71. The number of nitrogens with zero attached hydrogens (tertiary/aromatic N) is 3. The van der Waals surface area contributed by atoms with Gasteiger partial charge in [0.25, 0.3) is 0 Å². The Hall–Kier alpha value is -1.18. The van der Waals surface area contributed by atoms with Crippen LogP contribution in [0.1, 0.15) is 18.5 Å². The van der Waals surface area contributed by atoms with Crippen LogP contribution in [0, 0.1) is 5.82 Å². The molecule has 2 N–H and O–H groups in total. The van der Waals surface area contributed by atoms with Crippen molar-refractivity contribution in [2.24, 2.45) is 5.73 Å². The molecule has 0 bridgehead atoms. The molecule has 1 unspecified atom stereocenters. The summed E-state index contributed by atoms with van der Waals surface area (Å²) in [5, 5.41) is 8.89. The highest BCUT2D eigenvalue weighted by Gasteiger charge is 2.16. The van der Waals surface area contributed by atoms with Crippen molar-refractivity contribution < 1.29 is 4.39 Å². The summed E-state index contributed by atoms with van der Waals surface area (Å²) in [6.07, 6.45) is 0. The maximum Gasteiger partial charge on any atom is 0.208 e. The van der Waals surface area contributed by atoms with E-state index in [0.717, 1.165) is 10.7 Å². The molecule has 1 aromatic heterocycles. The van der Waals surface area contributed by atoms with Gasteiger partial charge in [0.05, 0.1) is 4.90 Å². The Kier molecular flexibility index (Phi) is 4.38. The van der Waals surface area contributed by atoms with Crippen molar-refractivity contribution in [2.45, 2.75) is 22.2 Å². The quantitative estimate of drug-likeness (QED) is 0.940. The summed E-state index contributed by atoms with van der Waals surface area (Å²) < 4.78 is 14.6. The molecule has 1 heterocycles. The van der Waals surface area contributed by atoms with Crippen LogP contribution in [0.25, 0.3) is 0 Å². The number of hydrogen-bond donors (Lipinski definition) is 1. The molecule has 0 aliphatic rings. The largest absolute Gasteiger partial charge is 0.353 e. The van der Waals surface area contributed by atoms with Gasteiger partial charge in [-0.1, -0.05) is 35.2 Å². The zero-order chi connectivity index (χ0) is 14.0. The molecule has 2 aromatic rings. The fourth-order valence-electron chi connectivity index (χ4n) is 1.50. The highest BCUT2D eigenvalue weighted by atomic mass is 32.2. The molecular formula is C12H15FN4S2. The molecule has 19 heavy (non-hydrogen) atoms. The molecular weight excluding hydrogens is 283 g/mol. The number of halogens is 1. The van der Waals surface area contributed by atoms with Crippen LogP contribution >= 0.6 is 23.1 Å². The standard InChI is InChI=1S/C12H15FN4S2/c1-7(14)8-5-4-6-9(13)10(8)18-12-16-15-11(19-12)17(2)3/h4-7H,14H2,1-3H3. The molecule has 0 fully saturated rings. The van der Waals surface area contributed by atoms with Gasteiger partial charge in [0.1, 0.15) is 5.82 Å². The molecule has 0 amide bonds. The van der Waals surface area contributed by atoms with Crippen molar-refractivity contribution in [3.63, 3.8) is 0 Å². The molecule has 0 aliphatic carbocycles. The van der Waals surface area contributed by atoms with Gasteiger partial charge in [-0.05, 0) is 18.6 Å². The Morgan fingerprint density at radius 2 is 2.11 bits per heavy atom. The Labute approximate surface area is 119 Å². The molecule has 7 heteroatoms. The van der Waals surface area contributed by atoms with Gasteiger partial charge >= 0.3 is 0 Å². The van der Waals surface area contributed by atoms with E-state index in [2.05, 4.69) is 10.2 Å². The molecule has 0 saturated carbocycles. The molecule has 0 saturated heterocycles. The Bertz CT molecular complexity index is 569. The normalized spacial score (nSPS) is 12.5.